The van der Waals surface area contributed by atoms with E-state index in [4.69, 9.17) is 10.5 Å². The summed E-state index contributed by atoms with van der Waals surface area (Å²) in [5.74, 6) is 0.973. The average molecular weight is 249 g/mol. The topological polar surface area (TPSA) is 35.2 Å². The number of aryl methyl sites for hydroxylation is 1. The predicted octanol–water partition coefficient (Wildman–Crippen LogP) is 3.92. The van der Waals surface area contributed by atoms with Crippen LogP contribution in [0.25, 0.3) is 0 Å². The van der Waals surface area contributed by atoms with Crippen LogP contribution in [0, 0.1) is 12.3 Å². The van der Waals surface area contributed by atoms with Gasteiger partial charge in [-0.1, -0.05) is 26.0 Å². The molecule has 0 spiro atoms. The highest BCUT2D eigenvalue weighted by atomic mass is 16.5. The summed E-state index contributed by atoms with van der Waals surface area (Å²) in [5, 5.41) is 0. The van der Waals surface area contributed by atoms with Crippen molar-refractivity contribution in [3.8, 4) is 5.75 Å². The van der Waals surface area contributed by atoms with Crippen LogP contribution in [0.2, 0.25) is 0 Å². The predicted molar refractivity (Wildman–Crippen MR) is 78.0 cm³/mol. The van der Waals surface area contributed by atoms with Gasteiger partial charge in [-0.25, -0.2) is 0 Å². The maximum Gasteiger partial charge on any atom is 0.119 e. The number of benzene rings is 1. The maximum atomic E-state index is 5.90. The molecule has 0 aromatic heterocycles. The van der Waals surface area contributed by atoms with Crippen LogP contribution in [0.4, 0.5) is 0 Å². The van der Waals surface area contributed by atoms with Crippen LogP contribution in [0.5, 0.6) is 5.75 Å². The third kappa shape index (κ3) is 4.34. The van der Waals surface area contributed by atoms with E-state index in [2.05, 4.69) is 32.9 Å². The Morgan fingerprint density at radius 3 is 2.50 bits per heavy atom. The smallest absolute Gasteiger partial charge is 0.119 e. The zero-order chi connectivity index (χ0) is 13.4. The summed E-state index contributed by atoms with van der Waals surface area (Å²) in [5.41, 5.74) is 7.46. The van der Waals surface area contributed by atoms with Crippen LogP contribution in [-0.2, 0) is 0 Å². The zero-order valence-corrected chi connectivity index (χ0v) is 12.0. The van der Waals surface area contributed by atoms with E-state index < -0.39 is 0 Å². The van der Waals surface area contributed by atoms with Crippen LogP contribution in [-0.4, -0.2) is 13.2 Å². The minimum atomic E-state index is 0.315. The lowest BCUT2D eigenvalue weighted by atomic mass is 9.78. The highest BCUT2D eigenvalue weighted by Crippen LogP contribution is 2.30. The van der Waals surface area contributed by atoms with Crippen molar-refractivity contribution in [2.75, 3.05) is 13.2 Å². The first-order valence-corrected chi connectivity index (χ1v) is 7.05. The highest BCUT2D eigenvalue weighted by Gasteiger charge is 2.23. The molecule has 2 nitrogen and oxygen atoms in total. The molecule has 0 amide bonds. The third-order valence-electron chi connectivity index (χ3n) is 4.04. The molecule has 1 aromatic carbocycles. The molecule has 0 saturated heterocycles. The van der Waals surface area contributed by atoms with Crippen molar-refractivity contribution in [3.63, 3.8) is 0 Å². The molecule has 0 unspecified atom stereocenters. The third-order valence-corrected chi connectivity index (χ3v) is 4.04. The Morgan fingerprint density at radius 1 is 1.22 bits per heavy atom. The van der Waals surface area contributed by atoms with E-state index >= 15 is 0 Å². The molecule has 0 heterocycles. The van der Waals surface area contributed by atoms with Crippen LogP contribution < -0.4 is 10.5 Å². The molecule has 102 valence electrons. The first-order valence-electron chi connectivity index (χ1n) is 7.05. The molecular weight excluding hydrogens is 222 g/mol. The van der Waals surface area contributed by atoms with Gasteiger partial charge in [0.05, 0.1) is 6.61 Å². The number of hydrogen-bond donors (Lipinski definition) is 1. The van der Waals surface area contributed by atoms with Gasteiger partial charge >= 0.3 is 0 Å². The van der Waals surface area contributed by atoms with Crippen molar-refractivity contribution in [1.82, 2.24) is 0 Å². The number of nitrogens with two attached hydrogens (primary N) is 1. The van der Waals surface area contributed by atoms with Crippen molar-refractivity contribution in [1.29, 1.82) is 0 Å². The summed E-state index contributed by atoms with van der Waals surface area (Å²) >= 11 is 0. The van der Waals surface area contributed by atoms with Gasteiger partial charge in [0.2, 0.25) is 0 Å². The SMILES string of the molecule is CCC(CC)(CN)CCCOc1cccc(C)c1. The second-order valence-electron chi connectivity index (χ2n) is 5.18. The Balaban J connectivity index is 2.34. The molecule has 0 radical (unpaired) electrons. The summed E-state index contributed by atoms with van der Waals surface area (Å²) in [6.07, 6.45) is 4.55. The molecule has 0 atom stereocenters. The number of rotatable bonds is 8. The lowest BCUT2D eigenvalue weighted by Crippen LogP contribution is -2.29. The van der Waals surface area contributed by atoms with Gasteiger partial charge in [0, 0.05) is 0 Å². The Morgan fingerprint density at radius 2 is 1.94 bits per heavy atom. The fourth-order valence-electron chi connectivity index (χ4n) is 2.34. The van der Waals surface area contributed by atoms with Gasteiger partial charge in [0.25, 0.3) is 0 Å². The molecule has 0 bridgehead atoms. The van der Waals surface area contributed by atoms with Crippen molar-refractivity contribution in [3.05, 3.63) is 29.8 Å². The summed E-state index contributed by atoms with van der Waals surface area (Å²) in [6, 6.07) is 8.21. The fraction of sp³-hybridized carbons (Fsp3) is 0.625. The number of ether oxygens (including phenoxy) is 1. The van der Waals surface area contributed by atoms with Gasteiger partial charge in [-0.2, -0.15) is 0 Å². The van der Waals surface area contributed by atoms with Crippen LogP contribution >= 0.6 is 0 Å². The minimum Gasteiger partial charge on any atom is -0.494 e. The molecule has 0 saturated carbocycles. The fourth-order valence-corrected chi connectivity index (χ4v) is 2.34. The van der Waals surface area contributed by atoms with E-state index in [1.165, 1.54) is 5.56 Å². The Bertz CT molecular complexity index is 336. The largest absolute Gasteiger partial charge is 0.494 e. The quantitative estimate of drug-likeness (QED) is 0.709. The lowest BCUT2D eigenvalue weighted by molar-refractivity contribution is 0.213. The average Bonchev–Trinajstić information content (AvgIpc) is 2.40. The monoisotopic (exact) mass is 249 g/mol. The molecule has 1 rings (SSSR count). The Hall–Kier alpha value is -1.02. The summed E-state index contributed by atoms with van der Waals surface area (Å²) < 4.78 is 5.77. The first kappa shape index (κ1) is 15.0. The molecular formula is C16H27NO. The Kier molecular flexibility index (Phi) is 6.20. The number of hydrogen-bond acceptors (Lipinski definition) is 2. The zero-order valence-electron chi connectivity index (χ0n) is 12.0. The van der Waals surface area contributed by atoms with Gasteiger partial charge in [-0.05, 0) is 62.3 Å². The first-order chi connectivity index (χ1) is 8.65. The van der Waals surface area contributed by atoms with E-state index in [9.17, 15) is 0 Å². The van der Waals surface area contributed by atoms with Gasteiger partial charge in [-0.3, -0.25) is 0 Å². The van der Waals surface area contributed by atoms with Crippen LogP contribution in [0.1, 0.15) is 45.1 Å². The van der Waals surface area contributed by atoms with E-state index in [-0.39, 0.29) is 0 Å². The summed E-state index contributed by atoms with van der Waals surface area (Å²) in [4.78, 5) is 0. The molecule has 0 aliphatic rings. The molecule has 0 aliphatic heterocycles. The standard InChI is InChI=1S/C16H27NO/c1-4-16(5-2,13-17)10-7-11-18-15-9-6-8-14(3)12-15/h6,8-9,12H,4-5,7,10-11,13,17H2,1-3H3. The van der Waals surface area contributed by atoms with E-state index in [1.54, 1.807) is 0 Å². The second kappa shape index (κ2) is 7.42. The molecule has 18 heavy (non-hydrogen) atoms. The highest BCUT2D eigenvalue weighted by molar-refractivity contribution is 5.27. The van der Waals surface area contributed by atoms with Crippen molar-refractivity contribution in [2.45, 2.75) is 46.5 Å². The second-order valence-corrected chi connectivity index (χ2v) is 5.18. The molecule has 1 aromatic rings. The minimum absolute atomic E-state index is 0.315. The molecule has 2 heteroatoms. The van der Waals surface area contributed by atoms with Crippen molar-refractivity contribution in [2.24, 2.45) is 11.1 Å². The van der Waals surface area contributed by atoms with Crippen molar-refractivity contribution < 1.29 is 4.74 Å². The summed E-state index contributed by atoms with van der Waals surface area (Å²) in [7, 11) is 0. The summed E-state index contributed by atoms with van der Waals surface area (Å²) in [6.45, 7) is 8.12. The van der Waals surface area contributed by atoms with Gasteiger partial charge in [0.1, 0.15) is 5.75 Å². The van der Waals surface area contributed by atoms with Crippen LogP contribution in [0.3, 0.4) is 0 Å². The molecule has 2 N–H and O–H groups in total. The van der Waals surface area contributed by atoms with Crippen molar-refractivity contribution >= 4 is 0 Å². The molecule has 0 aliphatic carbocycles. The van der Waals surface area contributed by atoms with E-state index in [0.717, 1.165) is 44.6 Å². The van der Waals surface area contributed by atoms with Crippen LogP contribution in [0.15, 0.2) is 24.3 Å². The normalized spacial score (nSPS) is 11.6. The Labute approximate surface area is 112 Å². The van der Waals surface area contributed by atoms with E-state index in [1.807, 2.05) is 12.1 Å². The van der Waals surface area contributed by atoms with Gasteiger partial charge < -0.3 is 10.5 Å². The molecule has 0 fully saturated rings. The lowest BCUT2D eigenvalue weighted by Gasteiger charge is -2.30. The van der Waals surface area contributed by atoms with Gasteiger partial charge in [0.15, 0.2) is 0 Å². The van der Waals surface area contributed by atoms with E-state index in [0.29, 0.717) is 5.41 Å². The maximum absolute atomic E-state index is 5.90. The van der Waals surface area contributed by atoms with Gasteiger partial charge in [-0.15, -0.1) is 0 Å².